The summed E-state index contributed by atoms with van der Waals surface area (Å²) in [5.74, 6) is 0.0939. The molecule has 4 heterocycles. The number of amides is 5. The lowest BCUT2D eigenvalue weighted by Gasteiger charge is -2.42. The predicted octanol–water partition coefficient (Wildman–Crippen LogP) is 3.37. The van der Waals surface area contributed by atoms with E-state index in [1.165, 1.54) is 0 Å². The maximum Gasteiger partial charge on any atom is 0.322 e. The third-order valence-corrected chi connectivity index (χ3v) is 10.2. The zero-order chi connectivity index (χ0) is 32.8. The van der Waals surface area contributed by atoms with Crippen LogP contribution in [-0.4, -0.2) is 121 Å². The maximum absolute atomic E-state index is 14.0. The van der Waals surface area contributed by atoms with E-state index in [0.717, 1.165) is 62.4 Å². The lowest BCUT2D eigenvalue weighted by Crippen LogP contribution is -2.59. The Labute approximate surface area is 280 Å². The molecule has 5 amide bonds. The Morgan fingerprint density at radius 1 is 0.957 bits per heavy atom. The number of likely N-dealkylation sites (tertiary alicyclic amines) is 1. The van der Waals surface area contributed by atoms with Crippen LogP contribution in [0, 0.1) is 0 Å². The Bertz CT molecular complexity index is 1440. The minimum Gasteiger partial charge on any atom is -0.427 e. The molecule has 2 N–H and O–H groups in total. The molecule has 1 atom stereocenters. The quantitative estimate of drug-likeness (QED) is 0.414. The highest BCUT2D eigenvalue weighted by molar-refractivity contribution is 6.32. The van der Waals surface area contributed by atoms with E-state index in [2.05, 4.69) is 15.5 Å². The van der Waals surface area contributed by atoms with Crippen LogP contribution in [0.3, 0.4) is 0 Å². The van der Waals surface area contributed by atoms with Crippen molar-refractivity contribution in [3.8, 4) is 5.75 Å². The summed E-state index contributed by atoms with van der Waals surface area (Å²) in [6.45, 7) is 6.16. The number of nitrogens with zero attached hydrogens (tertiary/aromatic N) is 4. The average molecular weight is 667 g/mol. The van der Waals surface area contributed by atoms with Crippen LogP contribution in [0.2, 0.25) is 5.02 Å². The lowest BCUT2D eigenvalue weighted by atomic mass is 10.0. The molecule has 0 aromatic heterocycles. The molecule has 0 radical (unpaired) electrons. The molecular formula is C34H43ClN6O6. The minimum atomic E-state index is -0.807. The topological polar surface area (TPSA) is 124 Å². The molecule has 12 nitrogen and oxygen atoms in total. The molecule has 3 saturated heterocycles. The highest BCUT2D eigenvalue weighted by Crippen LogP contribution is 2.27. The van der Waals surface area contributed by atoms with Crippen molar-refractivity contribution in [1.29, 1.82) is 0 Å². The second-order valence-corrected chi connectivity index (χ2v) is 13.0. The van der Waals surface area contributed by atoms with Crippen LogP contribution in [0.5, 0.6) is 5.75 Å². The second-order valence-electron chi connectivity index (χ2n) is 12.6. The zero-order valence-electron chi connectivity index (χ0n) is 26.6. The monoisotopic (exact) mass is 666 g/mol. The molecule has 0 saturated carbocycles. The molecule has 0 bridgehead atoms. The van der Waals surface area contributed by atoms with Gasteiger partial charge in [0.15, 0.2) is 0 Å². The summed E-state index contributed by atoms with van der Waals surface area (Å²) in [6.07, 6.45) is 4.31. The Morgan fingerprint density at radius 3 is 2.43 bits per heavy atom. The summed E-state index contributed by atoms with van der Waals surface area (Å²) < 4.78 is 10.4. The van der Waals surface area contributed by atoms with Crippen LogP contribution in [-0.2, 0) is 27.2 Å². The smallest absolute Gasteiger partial charge is 0.322 e. The molecule has 3 fully saturated rings. The van der Waals surface area contributed by atoms with Gasteiger partial charge in [0.2, 0.25) is 5.91 Å². The van der Waals surface area contributed by atoms with E-state index in [9.17, 15) is 19.2 Å². The van der Waals surface area contributed by atoms with Gasteiger partial charge in [0.25, 0.3) is 6.47 Å². The number of nitrogens with one attached hydrogen (secondary N) is 2. The predicted molar refractivity (Wildman–Crippen MR) is 177 cm³/mol. The highest BCUT2D eigenvalue weighted by atomic mass is 35.5. The van der Waals surface area contributed by atoms with Crippen LogP contribution >= 0.6 is 11.6 Å². The molecule has 0 aliphatic carbocycles. The molecule has 13 heteroatoms. The van der Waals surface area contributed by atoms with Crippen molar-refractivity contribution in [3.63, 3.8) is 0 Å². The lowest BCUT2D eigenvalue weighted by molar-refractivity contribution is -0.135. The van der Waals surface area contributed by atoms with Crippen molar-refractivity contribution in [3.05, 3.63) is 58.6 Å². The van der Waals surface area contributed by atoms with Crippen LogP contribution in [0.1, 0.15) is 36.8 Å². The first-order valence-electron chi connectivity index (χ1n) is 16.6. The largest absolute Gasteiger partial charge is 0.427 e. The standard InChI is InChI=1S/C34H43ClN6O6/c35-28-21-24(5-6-31(28)47-23-42)22-30(32(43)39-17-15-38(16-18-39)26-10-19-46-20-11-26)37-33(44)40-12-8-27(9-13-40)41-14-7-25-3-1-2-4-29(25)36-34(41)45/h1-6,21,23,26-27,30H,7-20,22H2,(H,36,45)(H,37,44)/t30-/m1/s1. The third kappa shape index (κ3) is 7.99. The molecule has 47 heavy (non-hydrogen) atoms. The van der Waals surface area contributed by atoms with Gasteiger partial charge in [-0.3, -0.25) is 14.5 Å². The Kier molecular flexibility index (Phi) is 10.8. The van der Waals surface area contributed by atoms with Crippen molar-refractivity contribution < 1.29 is 28.7 Å². The van der Waals surface area contributed by atoms with Crippen LogP contribution in [0.25, 0.3) is 0 Å². The molecule has 2 aromatic carbocycles. The van der Waals surface area contributed by atoms with Crippen molar-refractivity contribution in [2.45, 2.75) is 56.7 Å². The number of anilines is 1. The maximum atomic E-state index is 14.0. The van der Waals surface area contributed by atoms with Crippen molar-refractivity contribution in [2.24, 2.45) is 0 Å². The number of benzene rings is 2. The van der Waals surface area contributed by atoms with Crippen molar-refractivity contribution in [1.82, 2.24) is 24.9 Å². The number of ether oxygens (including phenoxy) is 2. The minimum absolute atomic E-state index is 0.0204. The number of carbonyl (C=O) groups excluding carboxylic acids is 4. The van der Waals surface area contributed by atoms with E-state index in [4.69, 9.17) is 21.1 Å². The summed E-state index contributed by atoms with van der Waals surface area (Å²) in [5, 5.41) is 6.32. The highest BCUT2D eigenvalue weighted by Gasteiger charge is 2.35. The van der Waals surface area contributed by atoms with Crippen molar-refractivity contribution >= 4 is 41.7 Å². The average Bonchev–Trinajstić information content (AvgIpc) is 3.27. The number of hydrogen-bond donors (Lipinski definition) is 2. The SMILES string of the molecule is O=COc1ccc(C[C@@H](NC(=O)N2CCC(N3CCc4ccccc4NC3=O)CC2)C(=O)N2CCN(C3CCOCC3)CC2)cc1Cl. The van der Waals surface area contributed by atoms with Gasteiger partial charge in [0.05, 0.1) is 5.02 Å². The van der Waals surface area contributed by atoms with Gasteiger partial charge >= 0.3 is 12.1 Å². The van der Waals surface area contributed by atoms with Gasteiger partial charge in [-0.25, -0.2) is 9.59 Å². The Hall–Kier alpha value is -3.87. The van der Waals surface area contributed by atoms with Gasteiger partial charge in [0.1, 0.15) is 11.8 Å². The van der Waals surface area contributed by atoms with Gasteiger partial charge in [-0.1, -0.05) is 35.9 Å². The van der Waals surface area contributed by atoms with E-state index in [-0.39, 0.29) is 41.2 Å². The third-order valence-electron chi connectivity index (χ3n) is 9.87. The fourth-order valence-electron chi connectivity index (χ4n) is 7.19. The van der Waals surface area contributed by atoms with E-state index in [1.807, 2.05) is 34.1 Å². The molecule has 0 spiro atoms. The van der Waals surface area contributed by atoms with Gasteiger partial charge in [-0.15, -0.1) is 0 Å². The Balaban J connectivity index is 1.08. The summed E-state index contributed by atoms with van der Waals surface area (Å²) in [6, 6.07) is 12.1. The van der Waals surface area contributed by atoms with Crippen molar-refractivity contribution in [2.75, 3.05) is 64.3 Å². The normalized spacial score (nSPS) is 20.5. The molecule has 252 valence electrons. The number of piperazine rings is 1. The molecular weight excluding hydrogens is 624 g/mol. The number of fused-ring (bicyclic) bond motifs is 1. The summed E-state index contributed by atoms with van der Waals surface area (Å²) in [4.78, 5) is 59.4. The number of halogens is 1. The first-order chi connectivity index (χ1) is 22.9. The van der Waals surface area contributed by atoms with E-state index in [1.54, 1.807) is 23.1 Å². The number of carbonyl (C=O) groups is 4. The Morgan fingerprint density at radius 2 is 1.70 bits per heavy atom. The fraction of sp³-hybridized carbons (Fsp3) is 0.529. The summed E-state index contributed by atoms with van der Waals surface area (Å²) in [5.41, 5.74) is 2.71. The van der Waals surface area contributed by atoms with Gasteiger partial charge < -0.3 is 34.8 Å². The van der Waals surface area contributed by atoms with Gasteiger partial charge in [0, 0.05) is 83.2 Å². The van der Waals surface area contributed by atoms with Crippen LogP contribution in [0.4, 0.5) is 15.3 Å². The second kappa shape index (κ2) is 15.4. The molecule has 6 rings (SSSR count). The number of piperidine rings is 1. The van der Waals surface area contributed by atoms with Gasteiger partial charge in [-0.2, -0.15) is 0 Å². The first-order valence-corrected chi connectivity index (χ1v) is 17.0. The van der Waals surface area contributed by atoms with E-state index >= 15 is 0 Å². The summed E-state index contributed by atoms with van der Waals surface area (Å²) in [7, 11) is 0. The molecule has 4 aliphatic heterocycles. The molecule has 4 aliphatic rings. The number of urea groups is 2. The fourth-order valence-corrected chi connectivity index (χ4v) is 7.44. The zero-order valence-corrected chi connectivity index (χ0v) is 27.3. The summed E-state index contributed by atoms with van der Waals surface area (Å²) >= 11 is 6.34. The molecule has 2 aromatic rings. The number of rotatable bonds is 8. The van der Waals surface area contributed by atoms with Crippen LogP contribution in [0.15, 0.2) is 42.5 Å². The van der Waals surface area contributed by atoms with E-state index in [0.29, 0.717) is 58.1 Å². The molecule has 0 unspecified atom stereocenters. The van der Waals surface area contributed by atoms with Gasteiger partial charge in [-0.05, 0) is 61.4 Å². The number of para-hydroxylation sites is 1. The van der Waals surface area contributed by atoms with Crippen LogP contribution < -0.4 is 15.4 Å². The first kappa shape index (κ1) is 33.0. The number of hydrogen-bond acceptors (Lipinski definition) is 7. The van der Waals surface area contributed by atoms with E-state index < -0.39 is 6.04 Å².